The zero-order valence-corrected chi connectivity index (χ0v) is 10.9. The van der Waals surface area contributed by atoms with Crippen LogP contribution in [0.1, 0.15) is 19.5 Å². The molecule has 0 atom stereocenters. The van der Waals surface area contributed by atoms with Crippen LogP contribution in [-0.2, 0) is 6.54 Å². The van der Waals surface area contributed by atoms with Gasteiger partial charge in [-0.2, -0.15) is 0 Å². The van der Waals surface area contributed by atoms with Crippen LogP contribution in [0, 0.1) is 10.1 Å². The van der Waals surface area contributed by atoms with Crippen molar-refractivity contribution in [2.45, 2.75) is 26.4 Å². The number of hydrogen-bond donors (Lipinski definition) is 2. The van der Waals surface area contributed by atoms with Gasteiger partial charge in [-0.05, 0) is 0 Å². The summed E-state index contributed by atoms with van der Waals surface area (Å²) in [6.07, 6.45) is 1.74. The molecule has 0 aliphatic carbocycles. The highest BCUT2D eigenvalue weighted by Gasteiger charge is 2.09. The number of benzene rings is 1. The minimum Gasteiger partial charge on any atom is -0.341 e. The molecule has 0 spiro atoms. The maximum atomic E-state index is 10.7. The lowest BCUT2D eigenvalue weighted by molar-refractivity contribution is -0.384. The van der Waals surface area contributed by atoms with Crippen LogP contribution in [-0.4, -0.2) is 20.9 Å². The number of hydrogen-bond acceptors (Lipinski definition) is 4. The number of aromatic nitrogens is 2. The van der Waals surface area contributed by atoms with E-state index >= 15 is 0 Å². The molecule has 19 heavy (non-hydrogen) atoms. The normalized spacial score (nSPS) is 10.9. The van der Waals surface area contributed by atoms with E-state index in [9.17, 15) is 10.1 Å². The molecule has 0 aliphatic heterocycles. The minimum absolute atomic E-state index is 0.0655. The number of imidazole rings is 1. The molecule has 6 heteroatoms. The Labute approximate surface area is 111 Å². The van der Waals surface area contributed by atoms with E-state index in [0.717, 1.165) is 5.69 Å². The average molecular weight is 260 g/mol. The third-order valence-electron chi connectivity index (χ3n) is 2.66. The van der Waals surface area contributed by atoms with Gasteiger partial charge in [0.25, 0.3) is 5.69 Å². The molecule has 0 bridgehead atoms. The predicted molar refractivity (Wildman–Crippen MR) is 72.7 cm³/mol. The van der Waals surface area contributed by atoms with Gasteiger partial charge in [-0.25, -0.2) is 4.98 Å². The molecule has 6 nitrogen and oxygen atoms in total. The Hall–Kier alpha value is -2.21. The van der Waals surface area contributed by atoms with Gasteiger partial charge in [0.15, 0.2) is 0 Å². The highest BCUT2D eigenvalue weighted by molar-refractivity contribution is 5.59. The van der Waals surface area contributed by atoms with Gasteiger partial charge < -0.3 is 10.3 Å². The fraction of sp³-hybridized carbons (Fsp3) is 0.308. The van der Waals surface area contributed by atoms with Crippen LogP contribution < -0.4 is 5.32 Å². The number of nitrogens with one attached hydrogen (secondary N) is 2. The molecule has 2 aromatic rings. The van der Waals surface area contributed by atoms with Crippen molar-refractivity contribution in [2.75, 3.05) is 0 Å². The number of rotatable bonds is 5. The Morgan fingerprint density at radius 2 is 2.26 bits per heavy atom. The van der Waals surface area contributed by atoms with Crippen LogP contribution in [0.5, 0.6) is 0 Å². The van der Waals surface area contributed by atoms with Crippen molar-refractivity contribution in [3.05, 3.63) is 46.3 Å². The van der Waals surface area contributed by atoms with E-state index < -0.39 is 4.92 Å². The van der Waals surface area contributed by atoms with Gasteiger partial charge in [-0.3, -0.25) is 10.1 Å². The molecule has 100 valence electrons. The van der Waals surface area contributed by atoms with Gasteiger partial charge in [0, 0.05) is 42.2 Å². The number of aromatic amines is 1. The van der Waals surface area contributed by atoms with Crippen molar-refractivity contribution in [3.8, 4) is 11.4 Å². The fourth-order valence-corrected chi connectivity index (χ4v) is 1.68. The Morgan fingerprint density at radius 1 is 1.47 bits per heavy atom. The summed E-state index contributed by atoms with van der Waals surface area (Å²) in [6.45, 7) is 4.83. The molecule has 2 N–H and O–H groups in total. The number of nitrogens with zero attached hydrogens (tertiary/aromatic N) is 2. The monoisotopic (exact) mass is 260 g/mol. The lowest BCUT2D eigenvalue weighted by atomic mass is 10.2. The number of non-ortho nitro benzene ring substituents is 1. The molecule has 0 amide bonds. The average Bonchev–Trinajstić information content (AvgIpc) is 2.85. The van der Waals surface area contributed by atoms with Gasteiger partial charge >= 0.3 is 0 Å². The summed E-state index contributed by atoms with van der Waals surface area (Å²) in [5.41, 5.74) is 1.73. The molecule has 0 aliphatic rings. The highest BCUT2D eigenvalue weighted by atomic mass is 16.6. The van der Waals surface area contributed by atoms with Gasteiger partial charge in [-0.15, -0.1) is 0 Å². The van der Waals surface area contributed by atoms with Crippen LogP contribution >= 0.6 is 0 Å². The minimum atomic E-state index is -0.409. The third kappa shape index (κ3) is 3.38. The summed E-state index contributed by atoms with van der Waals surface area (Å²) < 4.78 is 0. The van der Waals surface area contributed by atoms with Crippen molar-refractivity contribution in [1.29, 1.82) is 0 Å². The van der Waals surface area contributed by atoms with Crippen LogP contribution in [0.15, 0.2) is 30.5 Å². The highest BCUT2D eigenvalue weighted by Crippen LogP contribution is 2.21. The lowest BCUT2D eigenvalue weighted by Gasteiger charge is -2.05. The van der Waals surface area contributed by atoms with Crippen LogP contribution in [0.25, 0.3) is 11.4 Å². The first-order chi connectivity index (χ1) is 9.06. The molecule has 0 saturated heterocycles. The Balaban J connectivity index is 2.18. The molecule has 2 rings (SSSR count). The predicted octanol–water partition coefficient (Wildman–Crippen LogP) is 2.48. The largest absolute Gasteiger partial charge is 0.341 e. The van der Waals surface area contributed by atoms with Crippen LogP contribution in [0.3, 0.4) is 0 Å². The Kier molecular flexibility index (Phi) is 3.91. The molecule has 0 fully saturated rings. The third-order valence-corrected chi connectivity index (χ3v) is 2.66. The second kappa shape index (κ2) is 5.62. The van der Waals surface area contributed by atoms with Crippen molar-refractivity contribution in [2.24, 2.45) is 0 Å². The van der Waals surface area contributed by atoms with E-state index in [1.54, 1.807) is 18.3 Å². The van der Waals surface area contributed by atoms with E-state index in [1.807, 2.05) is 0 Å². The van der Waals surface area contributed by atoms with E-state index in [2.05, 4.69) is 29.1 Å². The van der Waals surface area contributed by atoms with Crippen LogP contribution in [0.2, 0.25) is 0 Å². The van der Waals surface area contributed by atoms with E-state index in [-0.39, 0.29) is 5.69 Å². The summed E-state index contributed by atoms with van der Waals surface area (Å²) in [7, 11) is 0. The standard InChI is InChI=1S/C13H16N4O2/c1-9(2)14-7-11-8-15-13(16-11)10-4-3-5-12(6-10)17(18)19/h3-6,8-9,14H,7H2,1-2H3,(H,15,16). The summed E-state index contributed by atoms with van der Waals surface area (Å²) in [4.78, 5) is 17.7. The van der Waals surface area contributed by atoms with Gasteiger partial charge in [0.1, 0.15) is 5.82 Å². The number of H-pyrrole nitrogens is 1. The number of nitro benzene ring substituents is 1. The second-order valence-electron chi connectivity index (χ2n) is 4.60. The van der Waals surface area contributed by atoms with Gasteiger partial charge in [0.2, 0.25) is 0 Å². The summed E-state index contributed by atoms with van der Waals surface area (Å²) >= 11 is 0. The first-order valence-electron chi connectivity index (χ1n) is 6.08. The Morgan fingerprint density at radius 3 is 2.95 bits per heavy atom. The molecule has 0 radical (unpaired) electrons. The van der Waals surface area contributed by atoms with E-state index in [0.29, 0.717) is 24.0 Å². The van der Waals surface area contributed by atoms with Gasteiger partial charge in [-0.1, -0.05) is 26.0 Å². The van der Waals surface area contributed by atoms with Crippen molar-refractivity contribution < 1.29 is 4.92 Å². The SMILES string of the molecule is CC(C)NCc1cnc(-c2cccc([N+](=O)[O-])c2)[nH]1. The lowest BCUT2D eigenvalue weighted by Crippen LogP contribution is -2.21. The molecule has 0 unspecified atom stereocenters. The second-order valence-corrected chi connectivity index (χ2v) is 4.60. The molecule has 0 saturated carbocycles. The zero-order valence-electron chi connectivity index (χ0n) is 10.9. The van der Waals surface area contributed by atoms with Crippen LogP contribution in [0.4, 0.5) is 5.69 Å². The van der Waals surface area contributed by atoms with E-state index in [4.69, 9.17) is 0 Å². The fourth-order valence-electron chi connectivity index (χ4n) is 1.68. The first-order valence-corrected chi connectivity index (χ1v) is 6.08. The van der Waals surface area contributed by atoms with Crippen molar-refractivity contribution in [1.82, 2.24) is 15.3 Å². The maximum absolute atomic E-state index is 10.7. The first kappa shape index (κ1) is 13.2. The molecule has 1 aromatic carbocycles. The molecule has 1 heterocycles. The Bertz CT molecular complexity index is 578. The summed E-state index contributed by atoms with van der Waals surface area (Å²) in [5, 5.41) is 14.0. The van der Waals surface area contributed by atoms with Crippen molar-refractivity contribution in [3.63, 3.8) is 0 Å². The van der Waals surface area contributed by atoms with E-state index in [1.165, 1.54) is 12.1 Å². The summed E-state index contributed by atoms with van der Waals surface area (Å²) in [6, 6.07) is 6.82. The zero-order chi connectivity index (χ0) is 13.8. The summed E-state index contributed by atoms with van der Waals surface area (Å²) in [5.74, 6) is 0.643. The topological polar surface area (TPSA) is 83.8 Å². The van der Waals surface area contributed by atoms with Gasteiger partial charge in [0.05, 0.1) is 4.92 Å². The van der Waals surface area contributed by atoms with Crippen molar-refractivity contribution >= 4 is 5.69 Å². The molecular weight excluding hydrogens is 244 g/mol. The number of nitro groups is 1. The molecular formula is C13H16N4O2. The quantitative estimate of drug-likeness (QED) is 0.639. The smallest absolute Gasteiger partial charge is 0.270 e. The maximum Gasteiger partial charge on any atom is 0.270 e. The molecule has 1 aromatic heterocycles.